The van der Waals surface area contributed by atoms with Crippen molar-refractivity contribution in [3.63, 3.8) is 0 Å². The van der Waals surface area contributed by atoms with Gasteiger partial charge in [-0.1, -0.05) is 18.2 Å². The van der Waals surface area contributed by atoms with Gasteiger partial charge in [0.25, 0.3) is 0 Å². The van der Waals surface area contributed by atoms with Crippen molar-refractivity contribution in [2.75, 3.05) is 0 Å². The lowest BCUT2D eigenvalue weighted by molar-refractivity contribution is 0.194. The van der Waals surface area contributed by atoms with Crippen molar-refractivity contribution in [3.8, 4) is 11.5 Å². The molecule has 1 N–H and O–H groups in total. The van der Waals surface area contributed by atoms with Gasteiger partial charge in [0.05, 0.1) is 6.10 Å². The smallest absolute Gasteiger partial charge is 0.168 e. The number of aliphatic hydroxyl groups is 1. The Balaban J connectivity index is 2.39. The molecule has 0 fully saturated rings. The molecule has 0 aromatic heterocycles. The summed E-state index contributed by atoms with van der Waals surface area (Å²) in [5.41, 5.74) is 0.439. The fourth-order valence-corrected chi connectivity index (χ4v) is 2.13. The molecule has 0 amide bonds. The Labute approximate surface area is 119 Å². The highest BCUT2D eigenvalue weighted by molar-refractivity contribution is 14.1. The topological polar surface area (TPSA) is 29.5 Å². The molecule has 0 spiro atoms. The number of benzene rings is 2. The maximum Gasteiger partial charge on any atom is 0.168 e. The molecule has 18 heavy (non-hydrogen) atoms. The summed E-state index contributed by atoms with van der Waals surface area (Å²) in [7, 11) is 0. The van der Waals surface area contributed by atoms with Crippen LogP contribution in [0.5, 0.6) is 11.5 Å². The Hall–Kier alpha value is -1.14. The van der Waals surface area contributed by atoms with Crippen LogP contribution in [0, 0.1) is 9.39 Å². The van der Waals surface area contributed by atoms with E-state index in [0.29, 0.717) is 11.3 Å². The molecule has 2 aromatic rings. The molecule has 2 nitrogen and oxygen atoms in total. The van der Waals surface area contributed by atoms with E-state index in [-0.39, 0.29) is 5.75 Å². The van der Waals surface area contributed by atoms with Gasteiger partial charge in [-0.05, 0) is 53.8 Å². The molecule has 0 radical (unpaired) electrons. The highest BCUT2D eigenvalue weighted by atomic mass is 127. The number of aliphatic hydroxyl groups excluding tert-OH is 1. The highest BCUT2D eigenvalue weighted by Gasteiger charge is 2.14. The van der Waals surface area contributed by atoms with Crippen molar-refractivity contribution in [2.24, 2.45) is 0 Å². The zero-order valence-electron chi connectivity index (χ0n) is 9.73. The Morgan fingerprint density at radius 1 is 1.22 bits per heavy atom. The van der Waals surface area contributed by atoms with Gasteiger partial charge in [-0.2, -0.15) is 0 Å². The standard InChI is InChI=1S/C14H12FIO2/c1-9(17)12-6-3-7-13(15)14(12)18-11-5-2-4-10(16)8-11/h2-9,17H,1H3/t9-/m0/s1. The summed E-state index contributed by atoms with van der Waals surface area (Å²) in [6.45, 7) is 1.58. The zero-order chi connectivity index (χ0) is 13.1. The predicted octanol–water partition coefficient (Wildman–Crippen LogP) is 4.28. The van der Waals surface area contributed by atoms with Crippen LogP contribution in [-0.2, 0) is 0 Å². The first kappa shape index (κ1) is 13.3. The SMILES string of the molecule is C[C@H](O)c1cccc(F)c1Oc1cccc(I)c1. The molecular weight excluding hydrogens is 346 g/mol. The molecule has 0 saturated carbocycles. The zero-order valence-corrected chi connectivity index (χ0v) is 11.9. The second-order valence-electron chi connectivity index (χ2n) is 3.89. The summed E-state index contributed by atoms with van der Waals surface area (Å²) in [5.74, 6) is 0.149. The van der Waals surface area contributed by atoms with Crippen LogP contribution < -0.4 is 4.74 Å². The fourth-order valence-electron chi connectivity index (χ4n) is 1.61. The molecule has 0 bridgehead atoms. The fraction of sp³-hybridized carbons (Fsp3) is 0.143. The molecule has 0 saturated heterocycles. The van der Waals surface area contributed by atoms with E-state index in [2.05, 4.69) is 22.6 Å². The van der Waals surface area contributed by atoms with Gasteiger partial charge in [-0.25, -0.2) is 4.39 Å². The number of para-hydroxylation sites is 1. The lowest BCUT2D eigenvalue weighted by Crippen LogP contribution is -1.98. The van der Waals surface area contributed by atoms with E-state index in [1.54, 1.807) is 31.2 Å². The van der Waals surface area contributed by atoms with Crippen molar-refractivity contribution >= 4 is 22.6 Å². The van der Waals surface area contributed by atoms with Crippen molar-refractivity contribution in [1.29, 1.82) is 0 Å². The number of rotatable bonds is 3. The highest BCUT2D eigenvalue weighted by Crippen LogP contribution is 2.32. The summed E-state index contributed by atoms with van der Waals surface area (Å²) < 4.78 is 20.3. The molecule has 94 valence electrons. The van der Waals surface area contributed by atoms with Gasteiger partial charge in [-0.15, -0.1) is 0 Å². The van der Waals surface area contributed by atoms with Crippen LogP contribution in [-0.4, -0.2) is 5.11 Å². The van der Waals surface area contributed by atoms with Crippen molar-refractivity contribution in [1.82, 2.24) is 0 Å². The number of halogens is 2. The molecule has 0 heterocycles. The summed E-state index contributed by atoms with van der Waals surface area (Å²) in [4.78, 5) is 0. The summed E-state index contributed by atoms with van der Waals surface area (Å²) in [6, 6.07) is 11.8. The van der Waals surface area contributed by atoms with Gasteiger partial charge in [0.15, 0.2) is 11.6 Å². The van der Waals surface area contributed by atoms with Gasteiger partial charge >= 0.3 is 0 Å². The first-order valence-corrected chi connectivity index (χ1v) is 6.55. The second-order valence-corrected chi connectivity index (χ2v) is 5.14. The van der Waals surface area contributed by atoms with Crippen molar-refractivity contribution in [3.05, 3.63) is 57.4 Å². The number of ether oxygens (including phenoxy) is 1. The largest absolute Gasteiger partial charge is 0.454 e. The molecule has 0 aliphatic carbocycles. The normalized spacial score (nSPS) is 12.2. The maximum atomic E-state index is 13.8. The van der Waals surface area contributed by atoms with E-state index in [1.807, 2.05) is 12.1 Å². The van der Waals surface area contributed by atoms with Crippen LogP contribution in [0.1, 0.15) is 18.6 Å². The monoisotopic (exact) mass is 358 g/mol. The van der Waals surface area contributed by atoms with Crippen LogP contribution >= 0.6 is 22.6 Å². The van der Waals surface area contributed by atoms with Gasteiger partial charge in [0.1, 0.15) is 5.75 Å². The summed E-state index contributed by atoms with van der Waals surface area (Å²) in [5, 5.41) is 9.61. The van der Waals surface area contributed by atoms with Crippen LogP contribution in [0.3, 0.4) is 0 Å². The molecular formula is C14H12FIO2. The van der Waals surface area contributed by atoms with Gasteiger partial charge < -0.3 is 9.84 Å². The van der Waals surface area contributed by atoms with E-state index in [9.17, 15) is 9.50 Å². The lowest BCUT2D eigenvalue weighted by Gasteiger charge is -2.14. The van der Waals surface area contributed by atoms with Crippen molar-refractivity contribution < 1.29 is 14.2 Å². The Morgan fingerprint density at radius 2 is 1.94 bits per heavy atom. The summed E-state index contributed by atoms with van der Waals surface area (Å²) in [6.07, 6.45) is -0.779. The van der Waals surface area contributed by atoms with Crippen LogP contribution in [0.4, 0.5) is 4.39 Å². The van der Waals surface area contributed by atoms with Crippen LogP contribution in [0.2, 0.25) is 0 Å². The molecule has 2 aromatic carbocycles. The predicted molar refractivity (Wildman–Crippen MR) is 76.3 cm³/mol. The first-order chi connectivity index (χ1) is 8.58. The van der Waals surface area contributed by atoms with Crippen molar-refractivity contribution in [2.45, 2.75) is 13.0 Å². The Kier molecular flexibility index (Phi) is 4.19. The van der Waals surface area contributed by atoms with Gasteiger partial charge in [-0.3, -0.25) is 0 Å². The van der Waals surface area contributed by atoms with E-state index in [1.165, 1.54) is 6.07 Å². The summed E-state index contributed by atoms with van der Waals surface area (Å²) >= 11 is 2.16. The maximum absolute atomic E-state index is 13.8. The minimum absolute atomic E-state index is 0.0782. The second kappa shape index (κ2) is 5.67. The van der Waals surface area contributed by atoms with E-state index in [0.717, 1.165) is 3.57 Å². The average Bonchev–Trinajstić information content (AvgIpc) is 2.31. The van der Waals surface area contributed by atoms with Crippen LogP contribution in [0.25, 0.3) is 0 Å². The number of hydrogen-bond donors (Lipinski definition) is 1. The van der Waals surface area contributed by atoms with Gasteiger partial charge in [0.2, 0.25) is 0 Å². The molecule has 4 heteroatoms. The molecule has 1 atom stereocenters. The minimum atomic E-state index is -0.779. The van der Waals surface area contributed by atoms with E-state index >= 15 is 0 Å². The van der Waals surface area contributed by atoms with Crippen LogP contribution in [0.15, 0.2) is 42.5 Å². The quantitative estimate of drug-likeness (QED) is 0.831. The third kappa shape index (κ3) is 3.00. The van der Waals surface area contributed by atoms with Gasteiger partial charge in [0, 0.05) is 9.13 Å². The molecule has 0 aliphatic rings. The average molecular weight is 358 g/mol. The van der Waals surface area contributed by atoms with E-state index in [4.69, 9.17) is 4.74 Å². The third-order valence-electron chi connectivity index (χ3n) is 2.46. The lowest BCUT2D eigenvalue weighted by atomic mass is 10.1. The third-order valence-corrected chi connectivity index (χ3v) is 3.13. The molecule has 0 aliphatic heterocycles. The first-order valence-electron chi connectivity index (χ1n) is 5.48. The molecule has 2 rings (SSSR count). The molecule has 0 unspecified atom stereocenters. The number of hydrogen-bond acceptors (Lipinski definition) is 2. The minimum Gasteiger partial charge on any atom is -0.454 e. The van der Waals surface area contributed by atoms with E-state index < -0.39 is 11.9 Å². The Morgan fingerprint density at radius 3 is 2.61 bits per heavy atom. The Bertz CT molecular complexity index is 555.